The maximum Gasteiger partial charge on any atom is 0.125 e. The highest BCUT2D eigenvalue weighted by molar-refractivity contribution is 7.19. The van der Waals surface area contributed by atoms with Gasteiger partial charge in [-0.25, -0.2) is 9.97 Å². The van der Waals surface area contributed by atoms with Crippen LogP contribution < -0.4 is 10.6 Å². The van der Waals surface area contributed by atoms with Crippen LogP contribution in [0.5, 0.6) is 0 Å². The van der Waals surface area contributed by atoms with E-state index in [2.05, 4.69) is 50.9 Å². The molecule has 7 heteroatoms. The van der Waals surface area contributed by atoms with E-state index in [1.165, 1.54) is 15.2 Å². The predicted octanol–water partition coefficient (Wildman–Crippen LogP) is 4.80. The van der Waals surface area contributed by atoms with Crippen molar-refractivity contribution in [3.8, 4) is 0 Å². The third-order valence-electron chi connectivity index (χ3n) is 5.59. The van der Waals surface area contributed by atoms with E-state index in [9.17, 15) is 0 Å². The van der Waals surface area contributed by atoms with Crippen LogP contribution in [-0.2, 0) is 4.74 Å². The Kier molecular flexibility index (Phi) is 3.77. The van der Waals surface area contributed by atoms with Crippen molar-refractivity contribution in [1.29, 1.82) is 0 Å². The first-order valence-corrected chi connectivity index (χ1v) is 11.0. The van der Waals surface area contributed by atoms with Crippen LogP contribution in [0.3, 0.4) is 0 Å². The highest BCUT2D eigenvalue weighted by Gasteiger charge is 2.41. The number of benzene rings is 1. The van der Waals surface area contributed by atoms with Gasteiger partial charge in [0, 0.05) is 35.3 Å². The Morgan fingerprint density at radius 1 is 1.18 bits per heavy atom. The summed E-state index contributed by atoms with van der Waals surface area (Å²) in [7, 11) is 0. The van der Waals surface area contributed by atoms with E-state index in [1.807, 2.05) is 17.8 Å². The third-order valence-corrected chi connectivity index (χ3v) is 7.48. The van der Waals surface area contributed by atoms with Crippen molar-refractivity contribution in [2.75, 3.05) is 25.1 Å². The second-order valence-electron chi connectivity index (χ2n) is 7.23. The van der Waals surface area contributed by atoms with Crippen LogP contribution in [0.1, 0.15) is 11.3 Å². The molecule has 2 aliphatic heterocycles. The van der Waals surface area contributed by atoms with Crippen molar-refractivity contribution in [3.63, 3.8) is 0 Å². The van der Waals surface area contributed by atoms with Crippen molar-refractivity contribution in [1.82, 2.24) is 15.3 Å². The summed E-state index contributed by atoms with van der Waals surface area (Å²) in [5.74, 6) is 0. The van der Waals surface area contributed by atoms with E-state index in [0.29, 0.717) is 0 Å². The molecule has 1 saturated heterocycles. The molecule has 1 fully saturated rings. The molecule has 5 nitrogen and oxygen atoms in total. The van der Waals surface area contributed by atoms with Gasteiger partial charge < -0.3 is 15.4 Å². The van der Waals surface area contributed by atoms with E-state index >= 15 is 0 Å². The number of anilines is 2. The van der Waals surface area contributed by atoms with Gasteiger partial charge in [-0.3, -0.25) is 0 Å². The van der Waals surface area contributed by atoms with Crippen LogP contribution in [-0.4, -0.2) is 35.3 Å². The van der Waals surface area contributed by atoms with Crippen LogP contribution in [0, 0.1) is 0 Å². The van der Waals surface area contributed by atoms with Crippen molar-refractivity contribution in [2.45, 2.75) is 12.0 Å². The smallest absolute Gasteiger partial charge is 0.125 e. The third kappa shape index (κ3) is 2.58. The summed E-state index contributed by atoms with van der Waals surface area (Å²) in [6, 6.07) is 10.6. The number of thiazole rings is 1. The second-order valence-corrected chi connectivity index (χ2v) is 9.15. The van der Waals surface area contributed by atoms with Crippen LogP contribution in [0.4, 0.5) is 11.4 Å². The highest BCUT2D eigenvalue weighted by atomic mass is 32.1. The van der Waals surface area contributed by atoms with Gasteiger partial charge in [0.2, 0.25) is 0 Å². The molecule has 0 aliphatic carbocycles. The Labute approximate surface area is 170 Å². The Morgan fingerprint density at radius 2 is 2.18 bits per heavy atom. The number of fused-ring (bicyclic) bond motifs is 2. The average molecular weight is 407 g/mol. The Balaban J connectivity index is 1.39. The molecule has 0 bridgehead atoms. The Hall–Kier alpha value is -2.32. The highest BCUT2D eigenvalue weighted by Crippen LogP contribution is 2.42. The second kappa shape index (κ2) is 6.35. The SMILES string of the molecule is C1=C(c2cc3c(Nc4ccc5scnc5c4)ccnc3s2)[C@@]2(CCOC2)NC1. The monoisotopic (exact) mass is 406 g/mol. The van der Waals surface area contributed by atoms with Crippen molar-refractivity contribution in [3.05, 3.63) is 53.0 Å². The molecule has 28 heavy (non-hydrogen) atoms. The molecule has 1 atom stereocenters. The molecule has 0 radical (unpaired) electrons. The lowest BCUT2D eigenvalue weighted by atomic mass is 9.90. The lowest BCUT2D eigenvalue weighted by molar-refractivity contribution is 0.183. The zero-order valence-corrected chi connectivity index (χ0v) is 16.7. The van der Waals surface area contributed by atoms with Crippen molar-refractivity contribution < 1.29 is 4.74 Å². The number of hydrogen-bond donors (Lipinski definition) is 2. The summed E-state index contributed by atoms with van der Waals surface area (Å²) in [4.78, 5) is 11.4. The average Bonchev–Trinajstić information content (AvgIpc) is 3.49. The summed E-state index contributed by atoms with van der Waals surface area (Å²) < 4.78 is 6.91. The summed E-state index contributed by atoms with van der Waals surface area (Å²) in [5.41, 5.74) is 6.37. The maximum atomic E-state index is 5.71. The van der Waals surface area contributed by atoms with E-state index in [0.717, 1.165) is 53.3 Å². The van der Waals surface area contributed by atoms with E-state index in [-0.39, 0.29) is 5.54 Å². The molecule has 140 valence electrons. The Morgan fingerprint density at radius 3 is 3.11 bits per heavy atom. The first kappa shape index (κ1) is 16.6. The van der Waals surface area contributed by atoms with Gasteiger partial charge in [-0.2, -0.15) is 0 Å². The van der Waals surface area contributed by atoms with Crippen LogP contribution in [0.2, 0.25) is 0 Å². The van der Waals surface area contributed by atoms with Gasteiger partial charge >= 0.3 is 0 Å². The quantitative estimate of drug-likeness (QED) is 0.512. The van der Waals surface area contributed by atoms with Crippen LogP contribution in [0.15, 0.2) is 48.1 Å². The fourth-order valence-electron chi connectivity index (χ4n) is 4.16. The number of hydrogen-bond acceptors (Lipinski definition) is 7. The molecule has 4 aromatic rings. The molecule has 0 saturated carbocycles. The molecular formula is C21H18N4OS2. The topological polar surface area (TPSA) is 59.1 Å². The van der Waals surface area contributed by atoms with Gasteiger partial charge in [-0.05, 0) is 42.3 Å². The zero-order valence-electron chi connectivity index (χ0n) is 15.1. The van der Waals surface area contributed by atoms with Gasteiger partial charge in [0.1, 0.15) is 4.83 Å². The molecule has 0 amide bonds. The lowest BCUT2D eigenvalue weighted by Crippen LogP contribution is -2.42. The number of rotatable bonds is 3. The van der Waals surface area contributed by atoms with Crippen molar-refractivity contribution >= 4 is 60.1 Å². The summed E-state index contributed by atoms with van der Waals surface area (Å²) in [5, 5.41) is 8.36. The van der Waals surface area contributed by atoms with Crippen LogP contribution >= 0.6 is 22.7 Å². The molecule has 1 aromatic carbocycles. The minimum Gasteiger partial charge on any atom is -0.379 e. The van der Waals surface area contributed by atoms with Crippen LogP contribution in [0.25, 0.3) is 26.0 Å². The summed E-state index contributed by atoms with van der Waals surface area (Å²) >= 11 is 3.42. The number of nitrogens with one attached hydrogen (secondary N) is 2. The van der Waals surface area contributed by atoms with Gasteiger partial charge in [-0.15, -0.1) is 22.7 Å². The maximum absolute atomic E-state index is 5.71. The van der Waals surface area contributed by atoms with E-state index in [4.69, 9.17) is 4.74 Å². The molecule has 6 rings (SSSR count). The van der Waals surface area contributed by atoms with Crippen molar-refractivity contribution in [2.24, 2.45) is 0 Å². The molecule has 3 aromatic heterocycles. The number of thiophene rings is 1. The van der Waals surface area contributed by atoms with E-state index in [1.54, 1.807) is 22.7 Å². The van der Waals surface area contributed by atoms with Gasteiger partial charge in [0.25, 0.3) is 0 Å². The van der Waals surface area contributed by atoms with Gasteiger partial charge in [-0.1, -0.05) is 6.08 Å². The minimum atomic E-state index is -0.0237. The summed E-state index contributed by atoms with van der Waals surface area (Å²) in [6.45, 7) is 2.47. The first-order valence-electron chi connectivity index (χ1n) is 9.33. The first-order chi connectivity index (χ1) is 13.8. The minimum absolute atomic E-state index is 0.0237. The molecule has 0 unspecified atom stereocenters. The lowest BCUT2D eigenvalue weighted by Gasteiger charge is -2.25. The van der Waals surface area contributed by atoms with Gasteiger partial charge in [0.05, 0.1) is 33.6 Å². The number of ether oxygens (including phenoxy) is 1. The molecule has 2 aliphatic rings. The largest absolute Gasteiger partial charge is 0.379 e. The molecule has 1 spiro atoms. The normalized spacial score (nSPS) is 21.8. The predicted molar refractivity (Wildman–Crippen MR) is 117 cm³/mol. The fourth-order valence-corrected chi connectivity index (χ4v) is 5.99. The number of pyridine rings is 1. The number of nitrogens with zero attached hydrogens (tertiary/aromatic N) is 2. The van der Waals surface area contributed by atoms with E-state index < -0.39 is 0 Å². The molecule has 2 N–H and O–H groups in total. The number of aromatic nitrogens is 2. The molecular weight excluding hydrogens is 388 g/mol. The molecule has 5 heterocycles. The fraction of sp³-hybridized carbons (Fsp3) is 0.238. The van der Waals surface area contributed by atoms with Gasteiger partial charge in [0.15, 0.2) is 0 Å². The summed E-state index contributed by atoms with van der Waals surface area (Å²) in [6.07, 6.45) is 5.21. The zero-order chi connectivity index (χ0) is 18.6. The Bertz CT molecular complexity index is 1220. The standard InChI is InChI=1S/C21H18N4OS2/c1-2-18-17(23-12-27-18)9-13(1)25-16-4-6-22-20-14(16)10-19(28-20)15-3-7-24-21(15)5-8-26-11-21/h1-4,6,9-10,12,24H,5,7-8,11H2,(H,22,25)/t21-/m0/s1.